The quantitative estimate of drug-likeness (QED) is 0.556. The summed E-state index contributed by atoms with van der Waals surface area (Å²) in [4.78, 5) is 1.58. The Balaban J connectivity index is 2.15. The van der Waals surface area contributed by atoms with E-state index in [0.29, 0.717) is 35.6 Å². The van der Waals surface area contributed by atoms with Crippen LogP contribution in [0.4, 0.5) is 11.4 Å². The number of hydrogen-bond donors (Lipinski definition) is 2. The zero-order valence-electron chi connectivity index (χ0n) is 16.5. The smallest absolute Gasteiger partial charge is 0.282 e. The number of benzene rings is 2. The van der Waals surface area contributed by atoms with Gasteiger partial charge in [-0.1, -0.05) is 12.1 Å². The van der Waals surface area contributed by atoms with Crippen molar-refractivity contribution in [3.63, 3.8) is 0 Å². The van der Waals surface area contributed by atoms with Crippen LogP contribution in [0.15, 0.2) is 34.1 Å². The van der Waals surface area contributed by atoms with Gasteiger partial charge in [0.05, 0.1) is 0 Å². The maximum absolute atomic E-state index is 11.7. The molecule has 2 aromatic rings. The second-order valence-electron chi connectivity index (χ2n) is 7.16. The summed E-state index contributed by atoms with van der Waals surface area (Å²) in [6, 6.07) is 6.03. The number of hydrogen-bond acceptors (Lipinski definition) is 5. The number of anilines is 1. The Morgan fingerprint density at radius 2 is 1.34 bits per heavy atom. The molecule has 2 N–H and O–H groups in total. The van der Waals surface area contributed by atoms with Crippen molar-refractivity contribution in [3.8, 4) is 0 Å². The summed E-state index contributed by atoms with van der Waals surface area (Å²) in [5.41, 5.74) is 3.89. The minimum absolute atomic E-state index is 0.148. The largest absolute Gasteiger partial charge is 0.294 e. The summed E-state index contributed by atoms with van der Waals surface area (Å²) in [5, 5.41) is 0. The lowest BCUT2D eigenvalue weighted by Gasteiger charge is -2.15. The van der Waals surface area contributed by atoms with Crippen LogP contribution >= 0.6 is 0 Å². The Bertz CT molecular complexity index is 1250. The molecular formula is C19H23N2O6S2+. The molecule has 8 nitrogen and oxygen atoms in total. The third-order valence-electron chi connectivity index (χ3n) is 5.16. The Kier molecular flexibility index (Phi) is 5.33. The van der Waals surface area contributed by atoms with Crippen molar-refractivity contribution in [1.82, 2.24) is 0 Å². The van der Waals surface area contributed by atoms with Gasteiger partial charge in [-0.2, -0.15) is 16.8 Å². The third-order valence-corrected chi connectivity index (χ3v) is 7.15. The molecule has 0 unspecified atom stereocenters. The fraction of sp³-hybridized carbons (Fsp3) is 0.316. The molecule has 0 aliphatic carbocycles. The maximum atomic E-state index is 11.7. The monoisotopic (exact) mass is 439 g/mol. The Hall–Kier alpha value is -2.27. The van der Waals surface area contributed by atoms with Gasteiger partial charge in [0.1, 0.15) is 34.3 Å². The Morgan fingerprint density at radius 3 is 1.90 bits per heavy atom. The predicted molar refractivity (Wildman–Crippen MR) is 110 cm³/mol. The highest BCUT2D eigenvalue weighted by molar-refractivity contribution is 7.86. The highest BCUT2D eigenvalue weighted by Gasteiger charge is 2.30. The second-order valence-corrected chi connectivity index (χ2v) is 9.94. The number of nitrogens with zero attached hydrogens (tertiary/aromatic N) is 2. The fourth-order valence-electron chi connectivity index (χ4n) is 3.92. The molecule has 10 heteroatoms. The van der Waals surface area contributed by atoms with Crippen LogP contribution in [-0.4, -0.2) is 49.9 Å². The molecular weight excluding hydrogens is 416 g/mol. The highest BCUT2D eigenvalue weighted by Crippen LogP contribution is 2.33. The van der Waals surface area contributed by atoms with Crippen LogP contribution < -0.4 is 4.90 Å². The first kappa shape index (κ1) is 21.4. The lowest BCUT2D eigenvalue weighted by molar-refractivity contribution is -0.425. The first-order valence-electron chi connectivity index (χ1n) is 8.86. The molecule has 0 saturated carbocycles. The van der Waals surface area contributed by atoms with Crippen molar-refractivity contribution >= 4 is 37.9 Å². The van der Waals surface area contributed by atoms with Crippen molar-refractivity contribution in [2.45, 2.75) is 37.5 Å². The first-order chi connectivity index (χ1) is 13.3. The number of aryl methyl sites for hydroxylation is 2. The second kappa shape index (κ2) is 7.21. The van der Waals surface area contributed by atoms with Gasteiger partial charge in [0, 0.05) is 11.1 Å². The maximum Gasteiger partial charge on any atom is 0.294 e. The van der Waals surface area contributed by atoms with Gasteiger partial charge >= 0.3 is 0 Å². The van der Waals surface area contributed by atoms with E-state index in [2.05, 4.69) is 0 Å². The molecule has 0 fully saturated rings. The average Bonchev–Trinajstić information content (AvgIpc) is 3.01. The van der Waals surface area contributed by atoms with Gasteiger partial charge in [-0.05, 0) is 51.0 Å². The normalized spacial score (nSPS) is 15.0. The topological polar surface area (TPSA) is 115 Å². The molecule has 0 saturated heterocycles. The zero-order chi connectivity index (χ0) is 21.7. The van der Waals surface area contributed by atoms with Crippen molar-refractivity contribution in [2.24, 2.45) is 0 Å². The Labute approximate surface area is 170 Å². The minimum atomic E-state index is -4.35. The van der Waals surface area contributed by atoms with E-state index in [0.717, 1.165) is 11.1 Å². The van der Waals surface area contributed by atoms with Crippen LogP contribution in [-0.2, 0) is 20.2 Å². The molecule has 3 rings (SSSR count). The van der Waals surface area contributed by atoms with Gasteiger partial charge in [-0.15, -0.1) is 0 Å². The van der Waals surface area contributed by atoms with Gasteiger partial charge < -0.3 is 0 Å². The molecule has 1 aliphatic rings. The SMILES string of the molecule is Cc1ccc(S(=O)(=O)O)c(C)c1N1C=[N+](c2c(C)ccc(S(=O)(=O)O)c2C)CC1. The average molecular weight is 440 g/mol. The van der Waals surface area contributed by atoms with Crippen LogP contribution in [0.3, 0.4) is 0 Å². The van der Waals surface area contributed by atoms with E-state index < -0.39 is 20.2 Å². The van der Waals surface area contributed by atoms with Crippen molar-refractivity contribution in [3.05, 3.63) is 46.5 Å². The van der Waals surface area contributed by atoms with Crippen molar-refractivity contribution < 1.29 is 30.5 Å². The number of rotatable bonds is 4. The summed E-state index contributed by atoms with van der Waals surface area (Å²) >= 11 is 0. The fourth-order valence-corrected chi connectivity index (χ4v) is 5.36. The van der Waals surface area contributed by atoms with Crippen LogP contribution in [0.1, 0.15) is 22.3 Å². The van der Waals surface area contributed by atoms with Crippen molar-refractivity contribution in [2.75, 3.05) is 18.0 Å². The lowest BCUT2D eigenvalue weighted by Crippen LogP contribution is -2.21. The van der Waals surface area contributed by atoms with Gasteiger partial charge in [-0.25, -0.2) is 9.48 Å². The Morgan fingerprint density at radius 1 is 0.828 bits per heavy atom. The van der Waals surface area contributed by atoms with Crippen LogP contribution in [0.25, 0.3) is 0 Å². The van der Waals surface area contributed by atoms with E-state index in [1.54, 1.807) is 32.3 Å². The molecule has 0 aromatic heterocycles. The highest BCUT2D eigenvalue weighted by atomic mass is 32.2. The van der Waals surface area contributed by atoms with E-state index in [4.69, 9.17) is 0 Å². The summed E-state index contributed by atoms with van der Waals surface area (Å²) in [6.45, 7) is 8.04. The minimum Gasteiger partial charge on any atom is -0.282 e. The molecule has 1 heterocycles. The molecule has 0 radical (unpaired) electrons. The molecule has 0 bridgehead atoms. The summed E-state index contributed by atoms with van der Waals surface area (Å²) in [7, 11) is -8.70. The molecule has 29 heavy (non-hydrogen) atoms. The summed E-state index contributed by atoms with van der Waals surface area (Å²) in [6.07, 6.45) is 1.78. The predicted octanol–water partition coefficient (Wildman–Crippen LogP) is 2.61. The van der Waals surface area contributed by atoms with E-state index in [-0.39, 0.29) is 9.79 Å². The molecule has 0 amide bonds. The van der Waals surface area contributed by atoms with Crippen LogP contribution in [0.5, 0.6) is 0 Å². The van der Waals surface area contributed by atoms with Gasteiger partial charge in [0.2, 0.25) is 6.34 Å². The van der Waals surface area contributed by atoms with Gasteiger partial charge in [0.25, 0.3) is 20.2 Å². The van der Waals surface area contributed by atoms with E-state index in [9.17, 15) is 25.9 Å². The van der Waals surface area contributed by atoms with E-state index >= 15 is 0 Å². The standard InChI is InChI=1S/C19H22N2O6S2/c1-12-5-7-16(28(22,23)24)14(3)18(12)20-9-10-21(11-20)19-13(2)6-8-17(15(19)4)29(25,26)27/h5-8,11H,9-10H2,1-4H3,(H-,22,23,24,25,26,27)/p+1. The molecule has 2 aromatic carbocycles. The molecule has 1 aliphatic heterocycles. The zero-order valence-corrected chi connectivity index (χ0v) is 18.2. The van der Waals surface area contributed by atoms with E-state index in [1.807, 2.05) is 23.3 Å². The first-order valence-corrected chi connectivity index (χ1v) is 11.7. The van der Waals surface area contributed by atoms with Crippen LogP contribution in [0.2, 0.25) is 0 Å². The summed E-state index contributed by atoms with van der Waals surface area (Å²) in [5.74, 6) is 0. The van der Waals surface area contributed by atoms with Gasteiger partial charge in [-0.3, -0.25) is 9.11 Å². The van der Waals surface area contributed by atoms with Gasteiger partial charge in [0.15, 0.2) is 0 Å². The van der Waals surface area contributed by atoms with E-state index in [1.165, 1.54) is 12.1 Å². The summed E-state index contributed by atoms with van der Waals surface area (Å²) < 4.78 is 67.6. The van der Waals surface area contributed by atoms with Crippen LogP contribution in [0, 0.1) is 27.7 Å². The molecule has 156 valence electrons. The van der Waals surface area contributed by atoms with Crippen molar-refractivity contribution in [1.29, 1.82) is 0 Å². The molecule has 0 atom stereocenters. The molecule has 0 spiro atoms. The lowest BCUT2D eigenvalue weighted by atomic mass is 10.1. The third kappa shape index (κ3) is 3.93.